The number of para-hydroxylation sites is 1. The van der Waals surface area contributed by atoms with Gasteiger partial charge in [-0.15, -0.1) is 6.07 Å². The van der Waals surface area contributed by atoms with Gasteiger partial charge in [0.1, 0.15) is 5.43 Å². The van der Waals surface area contributed by atoms with Gasteiger partial charge in [-0.2, -0.15) is 18.2 Å². The van der Waals surface area contributed by atoms with Gasteiger partial charge in [-0.05, 0) is 24.6 Å². The third-order valence-corrected chi connectivity index (χ3v) is 4.70. The number of nitrogens with zero attached hydrogens (tertiary/aromatic N) is 1. The van der Waals surface area contributed by atoms with Crippen LogP contribution in [0.5, 0.6) is 0 Å². The van der Waals surface area contributed by atoms with Crippen LogP contribution < -0.4 is 10.7 Å². The van der Waals surface area contributed by atoms with Gasteiger partial charge in [-0.1, -0.05) is 58.9 Å². The molecule has 0 aliphatic rings. The zero-order valence-electron chi connectivity index (χ0n) is 15.9. The second-order valence-corrected chi connectivity index (χ2v) is 6.69. The van der Waals surface area contributed by atoms with Gasteiger partial charge in [0.05, 0.1) is 5.56 Å². The molecule has 0 fully saturated rings. The third-order valence-electron chi connectivity index (χ3n) is 4.70. The summed E-state index contributed by atoms with van der Waals surface area (Å²) in [5, 5.41) is 3.32. The topological polar surface area (TPSA) is 51.1 Å². The molecule has 4 nitrogen and oxygen atoms in total. The van der Waals surface area contributed by atoms with Crippen LogP contribution in [0.3, 0.4) is 0 Å². The minimum Gasteiger partial charge on any atom is -0.348 e. The number of carbonyl (C=O) groups is 1. The monoisotopic (exact) mass is 418 g/mol. The summed E-state index contributed by atoms with van der Waals surface area (Å²) in [5.74, 6) is -0.388. The van der Waals surface area contributed by atoms with E-state index >= 15 is 0 Å². The average Bonchev–Trinajstić information content (AvgIpc) is 2.74. The molecule has 1 N–H and O–H groups in total. The van der Waals surface area contributed by atoms with Gasteiger partial charge >= 0.3 is 0 Å². The van der Waals surface area contributed by atoms with Crippen LogP contribution in [-0.2, 0) is 25.1 Å². The molecule has 3 aromatic carbocycles. The Kier molecular flexibility index (Phi) is 6.37. The molecule has 1 amide bonds. The quantitative estimate of drug-likeness (QED) is 0.509. The van der Waals surface area contributed by atoms with Crippen molar-refractivity contribution in [2.45, 2.75) is 13.5 Å². The van der Waals surface area contributed by atoms with Crippen LogP contribution in [-0.4, -0.2) is 10.5 Å². The summed E-state index contributed by atoms with van der Waals surface area (Å²) in [7, 11) is 0. The summed E-state index contributed by atoms with van der Waals surface area (Å²) in [4.78, 5) is 25.7. The summed E-state index contributed by atoms with van der Waals surface area (Å²) in [6.07, 6.45) is 1.62. The molecule has 1 aromatic heterocycles. The van der Waals surface area contributed by atoms with Gasteiger partial charge in [0.2, 0.25) is 0 Å². The zero-order valence-corrected chi connectivity index (χ0v) is 17.3. The van der Waals surface area contributed by atoms with Crippen LogP contribution in [0.2, 0.25) is 0 Å². The van der Waals surface area contributed by atoms with Gasteiger partial charge in [0.15, 0.2) is 0 Å². The number of rotatable bonds is 4. The molecule has 1 radical (unpaired) electrons. The van der Waals surface area contributed by atoms with Crippen molar-refractivity contribution in [3.05, 3.63) is 112 Å². The van der Waals surface area contributed by atoms with E-state index in [4.69, 9.17) is 0 Å². The number of hydrogen-bond acceptors (Lipinski definition) is 2. The first kappa shape index (κ1) is 20.7. The van der Waals surface area contributed by atoms with E-state index in [9.17, 15) is 9.59 Å². The number of nitrogens with one attached hydrogen (secondary N) is 1. The number of carbonyl (C=O) groups excluding carboxylic acids is 1. The summed E-state index contributed by atoms with van der Waals surface area (Å²) >= 11 is 0. The first-order valence-electron chi connectivity index (χ1n) is 9.08. The molecule has 143 valence electrons. The molecule has 29 heavy (non-hydrogen) atoms. The van der Waals surface area contributed by atoms with Crippen molar-refractivity contribution in [2.24, 2.45) is 0 Å². The molecule has 0 saturated heterocycles. The first-order chi connectivity index (χ1) is 13.6. The Morgan fingerprint density at radius 1 is 1.03 bits per heavy atom. The molecule has 0 saturated carbocycles. The fourth-order valence-corrected chi connectivity index (χ4v) is 3.16. The number of aryl methyl sites for hydroxylation is 1. The minimum absolute atomic E-state index is 0. The Balaban J connectivity index is 0.00000240. The predicted molar refractivity (Wildman–Crippen MR) is 111 cm³/mol. The predicted octanol–water partition coefficient (Wildman–Crippen LogP) is 4.03. The number of fused-ring (bicyclic) bond motifs is 1. The summed E-state index contributed by atoms with van der Waals surface area (Å²) in [6.45, 7) is 2.38. The second kappa shape index (κ2) is 8.95. The van der Waals surface area contributed by atoms with Crippen molar-refractivity contribution in [3.8, 4) is 5.69 Å². The SMILES string of the molecule is Cc1ccc(CNC(=O)c2cn(-c3ccccc3)c3cc[c-]cc3c2=O)cc1.[V]. The molecule has 0 unspecified atom stereocenters. The van der Waals surface area contributed by atoms with Crippen LogP contribution in [0.1, 0.15) is 21.5 Å². The first-order valence-corrected chi connectivity index (χ1v) is 9.08. The Morgan fingerprint density at radius 3 is 2.48 bits per heavy atom. The van der Waals surface area contributed by atoms with Crippen molar-refractivity contribution < 1.29 is 23.4 Å². The molecule has 0 bridgehead atoms. The molecule has 0 aliphatic carbocycles. The number of aromatic nitrogens is 1. The summed E-state index contributed by atoms with van der Waals surface area (Å²) in [5.41, 5.74) is 3.59. The van der Waals surface area contributed by atoms with Crippen molar-refractivity contribution in [2.75, 3.05) is 0 Å². The molecule has 4 aromatic rings. The van der Waals surface area contributed by atoms with Crippen molar-refractivity contribution >= 4 is 16.8 Å². The van der Waals surface area contributed by atoms with Crippen LogP contribution in [0, 0.1) is 13.0 Å². The Labute approximate surface area is 181 Å². The Hall–Kier alpha value is -3.08. The smallest absolute Gasteiger partial charge is 0.255 e. The van der Waals surface area contributed by atoms with Gasteiger partial charge in [0, 0.05) is 37.0 Å². The Morgan fingerprint density at radius 2 is 1.76 bits per heavy atom. The van der Waals surface area contributed by atoms with Gasteiger partial charge in [-0.25, -0.2) is 0 Å². The molecular weight excluding hydrogens is 399 g/mol. The third kappa shape index (κ3) is 4.34. The molecule has 0 aliphatic heterocycles. The van der Waals surface area contributed by atoms with E-state index in [0.717, 1.165) is 22.3 Å². The minimum atomic E-state index is -0.388. The summed E-state index contributed by atoms with van der Waals surface area (Å²) in [6, 6.07) is 25.7. The van der Waals surface area contributed by atoms with Crippen LogP contribution in [0.15, 0.2) is 83.8 Å². The van der Waals surface area contributed by atoms with Crippen LogP contribution >= 0.6 is 0 Å². The maximum absolute atomic E-state index is 12.9. The van der Waals surface area contributed by atoms with E-state index in [1.54, 1.807) is 18.3 Å². The summed E-state index contributed by atoms with van der Waals surface area (Å²) < 4.78 is 1.87. The van der Waals surface area contributed by atoms with Crippen molar-refractivity contribution in [3.63, 3.8) is 0 Å². The fourth-order valence-electron chi connectivity index (χ4n) is 3.16. The Bertz CT molecular complexity index is 1200. The van der Waals surface area contributed by atoms with Gasteiger partial charge in [0.25, 0.3) is 5.91 Å². The molecule has 0 spiro atoms. The van der Waals surface area contributed by atoms with E-state index in [-0.39, 0.29) is 35.5 Å². The number of benzene rings is 3. The fraction of sp³-hybridized carbons (Fsp3) is 0.0833. The maximum atomic E-state index is 12.9. The second-order valence-electron chi connectivity index (χ2n) is 6.69. The molecule has 1 heterocycles. The van der Waals surface area contributed by atoms with E-state index in [1.165, 1.54) is 0 Å². The van der Waals surface area contributed by atoms with E-state index in [0.29, 0.717) is 11.9 Å². The standard InChI is InChI=1S/C24H19N2O2.V/c1-17-11-13-18(14-12-17)15-25-24(28)21-16-26(19-7-3-2-4-8-19)22-10-6-5-9-20(22)23(21)27;/h2-4,6-14,16H,15H2,1H3,(H,25,28);/q-1;. The molecule has 0 atom stereocenters. The van der Waals surface area contributed by atoms with Crippen molar-refractivity contribution in [1.82, 2.24) is 9.88 Å². The van der Waals surface area contributed by atoms with E-state index in [1.807, 2.05) is 72.2 Å². The van der Waals surface area contributed by atoms with Gasteiger partial charge in [-0.3, -0.25) is 4.79 Å². The van der Waals surface area contributed by atoms with Crippen LogP contribution in [0.4, 0.5) is 0 Å². The molecule has 5 heteroatoms. The largest absolute Gasteiger partial charge is 0.348 e. The normalized spacial score (nSPS) is 10.4. The average molecular weight is 418 g/mol. The van der Waals surface area contributed by atoms with E-state index in [2.05, 4.69) is 11.4 Å². The van der Waals surface area contributed by atoms with Crippen molar-refractivity contribution in [1.29, 1.82) is 0 Å². The number of amides is 1. The maximum Gasteiger partial charge on any atom is 0.255 e. The van der Waals surface area contributed by atoms with E-state index < -0.39 is 0 Å². The number of pyridine rings is 1. The molecular formula is C24H19N2O2V-. The molecule has 4 rings (SSSR count). The van der Waals surface area contributed by atoms with Crippen LogP contribution in [0.25, 0.3) is 16.6 Å². The number of hydrogen-bond donors (Lipinski definition) is 1. The van der Waals surface area contributed by atoms with Gasteiger partial charge < -0.3 is 14.7 Å². The zero-order chi connectivity index (χ0) is 19.5.